The average Bonchev–Trinajstić information content (AvgIpc) is 3.96. The molecule has 0 radical (unpaired) electrons. The Hall–Kier alpha value is -6.16. The molecule has 1 saturated carbocycles. The van der Waals surface area contributed by atoms with Crippen LogP contribution in [-0.4, -0.2) is 77.7 Å². The Morgan fingerprint density at radius 1 is 1.07 bits per heavy atom. The fourth-order valence-corrected chi connectivity index (χ4v) is 7.14. The number of aromatic nitrogens is 9. The number of nitrogens with zero attached hydrogens (tertiary/aromatic N) is 10. The Morgan fingerprint density at radius 3 is 2.73 bits per heavy atom. The smallest absolute Gasteiger partial charge is 0.318 e. The van der Waals surface area contributed by atoms with Crippen LogP contribution in [0.3, 0.4) is 0 Å². The third kappa shape index (κ3) is 7.76. The molecule has 284 valence electrons. The van der Waals surface area contributed by atoms with Gasteiger partial charge >= 0.3 is 6.01 Å². The number of ether oxygens (including phenoxy) is 3. The van der Waals surface area contributed by atoms with Gasteiger partial charge in [-0.05, 0) is 49.1 Å². The zero-order valence-electron chi connectivity index (χ0n) is 31.1. The number of methoxy groups -OCH3 is 1. The standard InChI is InChI=1S/C39H43N11O5/c1-26-13-14-28(48(2)33-15-18-40-38(42-33)52-3)19-30(26)32-22-49(47-45-32)23-34-43-37(46-55-34)39(16-9-4-5-10-17-39)44-35(51)31-20-41-50-21-29(25-54-36(31)50)53-24-27-11-7-6-8-12-27/h6-8,11-15,18-20,22,29H,4-5,9-10,16-17,21,23-25H2,1-3H3,(H,44,51). The third-order valence-electron chi connectivity index (χ3n) is 10.2. The van der Waals surface area contributed by atoms with Crippen LogP contribution in [0.1, 0.15) is 71.7 Å². The van der Waals surface area contributed by atoms with Crippen LogP contribution >= 0.6 is 0 Å². The first-order chi connectivity index (χ1) is 26.9. The fourth-order valence-electron chi connectivity index (χ4n) is 7.14. The van der Waals surface area contributed by atoms with Gasteiger partial charge in [-0.1, -0.05) is 72.5 Å². The summed E-state index contributed by atoms with van der Waals surface area (Å²) in [5, 5.41) is 21.1. The molecule has 0 bridgehead atoms. The van der Waals surface area contributed by atoms with E-state index in [2.05, 4.69) is 35.9 Å². The van der Waals surface area contributed by atoms with Gasteiger partial charge < -0.3 is 29.0 Å². The summed E-state index contributed by atoms with van der Waals surface area (Å²) in [4.78, 5) is 29.3. The number of rotatable bonds is 12. The van der Waals surface area contributed by atoms with E-state index in [1.54, 1.807) is 21.8 Å². The molecule has 1 aliphatic carbocycles. The largest absolute Gasteiger partial charge is 0.474 e. The van der Waals surface area contributed by atoms with Crippen LogP contribution in [0.5, 0.6) is 11.9 Å². The van der Waals surface area contributed by atoms with E-state index in [0.29, 0.717) is 73.3 Å². The number of fused-ring (bicyclic) bond motifs is 1. The van der Waals surface area contributed by atoms with Gasteiger partial charge in [0.2, 0.25) is 11.8 Å². The number of carbonyl (C=O) groups excluding carboxylic acids is 1. The van der Waals surface area contributed by atoms with Crippen LogP contribution in [0.4, 0.5) is 11.5 Å². The molecule has 1 amide bonds. The highest BCUT2D eigenvalue weighted by molar-refractivity contribution is 5.96. The highest BCUT2D eigenvalue weighted by Gasteiger charge is 2.40. The molecule has 0 spiro atoms. The average molecular weight is 746 g/mol. The monoisotopic (exact) mass is 745 g/mol. The Morgan fingerprint density at radius 2 is 1.91 bits per heavy atom. The first-order valence-electron chi connectivity index (χ1n) is 18.5. The predicted molar refractivity (Wildman–Crippen MR) is 200 cm³/mol. The van der Waals surface area contributed by atoms with E-state index in [1.807, 2.05) is 79.7 Å². The normalized spacial score (nSPS) is 16.5. The fraction of sp³-hybridized carbons (Fsp3) is 0.385. The van der Waals surface area contributed by atoms with E-state index in [9.17, 15) is 4.79 Å². The van der Waals surface area contributed by atoms with Crippen molar-refractivity contribution < 1.29 is 23.5 Å². The van der Waals surface area contributed by atoms with Crippen molar-refractivity contribution in [1.29, 1.82) is 0 Å². The Balaban J connectivity index is 0.961. The Bertz CT molecular complexity index is 2240. The number of anilines is 2. The molecule has 5 heterocycles. The summed E-state index contributed by atoms with van der Waals surface area (Å²) in [5.41, 5.74) is 4.20. The molecule has 16 heteroatoms. The van der Waals surface area contributed by atoms with Gasteiger partial charge in [-0.2, -0.15) is 15.1 Å². The zero-order chi connectivity index (χ0) is 37.8. The summed E-state index contributed by atoms with van der Waals surface area (Å²) in [6.07, 6.45) is 10.2. The molecular weight excluding hydrogens is 703 g/mol. The minimum Gasteiger partial charge on any atom is -0.474 e. The first kappa shape index (κ1) is 35.8. The number of hydrogen-bond acceptors (Lipinski definition) is 13. The molecular formula is C39H43N11O5. The maximum atomic E-state index is 14.0. The van der Waals surface area contributed by atoms with E-state index >= 15 is 0 Å². The van der Waals surface area contributed by atoms with Crippen molar-refractivity contribution in [1.82, 2.24) is 50.2 Å². The quantitative estimate of drug-likeness (QED) is 0.158. The molecule has 16 nitrogen and oxygen atoms in total. The maximum Gasteiger partial charge on any atom is 0.318 e. The predicted octanol–water partition coefficient (Wildman–Crippen LogP) is 5.41. The molecule has 0 saturated heterocycles. The molecule has 1 unspecified atom stereocenters. The van der Waals surface area contributed by atoms with Gasteiger partial charge in [-0.3, -0.25) is 4.79 Å². The molecule has 2 aromatic carbocycles. The zero-order valence-corrected chi connectivity index (χ0v) is 31.1. The van der Waals surface area contributed by atoms with Crippen molar-refractivity contribution in [2.45, 2.75) is 76.8 Å². The summed E-state index contributed by atoms with van der Waals surface area (Å²) >= 11 is 0. The minimum absolute atomic E-state index is 0.188. The van der Waals surface area contributed by atoms with Crippen molar-refractivity contribution in [3.05, 3.63) is 102 Å². The van der Waals surface area contributed by atoms with Crippen LogP contribution in [0, 0.1) is 6.92 Å². The first-order valence-corrected chi connectivity index (χ1v) is 18.5. The van der Waals surface area contributed by atoms with Crippen LogP contribution < -0.4 is 19.7 Å². The number of benzene rings is 2. The topological polar surface area (TPSA) is 173 Å². The number of aryl methyl sites for hydroxylation is 1. The lowest BCUT2D eigenvalue weighted by Crippen LogP contribution is -2.46. The van der Waals surface area contributed by atoms with Gasteiger partial charge in [0.15, 0.2) is 5.82 Å². The molecule has 4 aromatic heterocycles. The van der Waals surface area contributed by atoms with Gasteiger partial charge in [-0.25, -0.2) is 14.3 Å². The van der Waals surface area contributed by atoms with Crippen molar-refractivity contribution in [3.8, 4) is 23.1 Å². The van der Waals surface area contributed by atoms with Crippen LogP contribution in [-0.2, 0) is 30.0 Å². The van der Waals surface area contributed by atoms with E-state index < -0.39 is 5.54 Å². The van der Waals surface area contributed by atoms with E-state index in [-0.39, 0.29) is 18.6 Å². The van der Waals surface area contributed by atoms with Crippen LogP contribution in [0.15, 0.2) is 77.7 Å². The number of nitrogens with one attached hydrogen (secondary N) is 1. The summed E-state index contributed by atoms with van der Waals surface area (Å²) in [5.74, 6) is 1.64. The van der Waals surface area contributed by atoms with Crippen molar-refractivity contribution in [3.63, 3.8) is 0 Å². The second kappa shape index (κ2) is 15.7. The van der Waals surface area contributed by atoms with Crippen molar-refractivity contribution >= 4 is 17.4 Å². The third-order valence-corrected chi connectivity index (χ3v) is 10.2. The lowest BCUT2D eigenvalue weighted by Gasteiger charge is -2.31. The second-order valence-corrected chi connectivity index (χ2v) is 14.0. The van der Waals surface area contributed by atoms with E-state index in [1.165, 1.54) is 7.11 Å². The number of amides is 1. The molecule has 6 aromatic rings. The number of hydrogen-bond donors (Lipinski definition) is 1. The lowest BCUT2D eigenvalue weighted by atomic mass is 9.89. The lowest BCUT2D eigenvalue weighted by molar-refractivity contribution is -0.0220. The molecule has 1 N–H and O–H groups in total. The molecule has 1 atom stereocenters. The molecule has 2 aliphatic rings. The number of carbonyl (C=O) groups is 1. The SMILES string of the molecule is COc1nccc(N(C)c2ccc(C)c(-c3cn(Cc4nc(C5(NC(=O)c6cnn7c6OCC(OCc6ccccc6)C7)CCCCCC5)no4)nn3)c2)n1. The van der Waals surface area contributed by atoms with Crippen LogP contribution in [0.25, 0.3) is 11.3 Å². The van der Waals surface area contributed by atoms with Gasteiger partial charge in [0.05, 0.1) is 32.7 Å². The minimum atomic E-state index is -0.815. The van der Waals surface area contributed by atoms with Gasteiger partial charge in [0, 0.05) is 24.5 Å². The Labute approximate surface area is 317 Å². The molecule has 1 fully saturated rings. The highest BCUT2D eigenvalue weighted by Crippen LogP contribution is 2.36. The molecule has 1 aliphatic heterocycles. The summed E-state index contributed by atoms with van der Waals surface area (Å²) in [6.45, 7) is 3.52. The molecule has 55 heavy (non-hydrogen) atoms. The molecule has 8 rings (SSSR count). The summed E-state index contributed by atoms with van der Waals surface area (Å²) < 4.78 is 26.5. The highest BCUT2D eigenvalue weighted by atomic mass is 16.5. The maximum absolute atomic E-state index is 14.0. The van der Waals surface area contributed by atoms with Crippen LogP contribution in [0.2, 0.25) is 0 Å². The second-order valence-electron chi connectivity index (χ2n) is 14.0. The Kier molecular flexibility index (Phi) is 10.2. The van der Waals surface area contributed by atoms with Gasteiger partial charge in [0.25, 0.3) is 5.91 Å². The summed E-state index contributed by atoms with van der Waals surface area (Å²) in [6, 6.07) is 18.2. The van der Waals surface area contributed by atoms with E-state index in [0.717, 1.165) is 48.1 Å². The van der Waals surface area contributed by atoms with Gasteiger partial charge in [-0.15, -0.1) is 5.10 Å². The van der Waals surface area contributed by atoms with E-state index in [4.69, 9.17) is 23.7 Å². The summed E-state index contributed by atoms with van der Waals surface area (Å²) in [7, 11) is 3.47. The van der Waals surface area contributed by atoms with Crippen molar-refractivity contribution in [2.24, 2.45) is 0 Å². The van der Waals surface area contributed by atoms with Crippen molar-refractivity contribution in [2.75, 3.05) is 25.7 Å². The van der Waals surface area contributed by atoms with Gasteiger partial charge in [0.1, 0.15) is 41.9 Å².